The Morgan fingerprint density at radius 2 is 1.91 bits per heavy atom. The summed E-state index contributed by atoms with van der Waals surface area (Å²) < 4.78 is 35.3. The number of aromatic nitrogens is 3. The highest BCUT2D eigenvalue weighted by Gasteiger charge is 2.31. The van der Waals surface area contributed by atoms with Gasteiger partial charge in [0.15, 0.2) is 11.3 Å². The van der Waals surface area contributed by atoms with E-state index in [-0.39, 0.29) is 22.2 Å². The number of methoxy groups -OCH3 is 1. The predicted molar refractivity (Wildman–Crippen MR) is 125 cm³/mol. The Morgan fingerprint density at radius 3 is 2.58 bits per heavy atom. The van der Waals surface area contributed by atoms with Gasteiger partial charge in [-0.05, 0) is 56.9 Å². The van der Waals surface area contributed by atoms with Crippen molar-refractivity contribution in [2.24, 2.45) is 0 Å². The fourth-order valence-corrected chi connectivity index (χ4v) is 5.87. The summed E-state index contributed by atoms with van der Waals surface area (Å²) in [6, 6.07) is 6.82. The molecule has 4 rings (SSSR count). The molecule has 0 saturated carbocycles. The molecule has 2 aromatic heterocycles. The van der Waals surface area contributed by atoms with Crippen molar-refractivity contribution in [2.45, 2.75) is 44.9 Å². The summed E-state index contributed by atoms with van der Waals surface area (Å²) in [6.45, 7) is 7.21. The number of ether oxygens (including phenoxy) is 1. The highest BCUT2D eigenvalue weighted by atomic mass is 32.2. The number of nitrogens with zero attached hydrogens (tertiary/aromatic N) is 4. The fraction of sp³-hybridized carbons (Fsp3) is 0.435. The normalized spacial score (nSPS) is 14.7. The number of carbonyl (C=O) groups excluding carboxylic acids is 1. The maximum absolute atomic E-state index is 13.4. The van der Waals surface area contributed by atoms with Crippen LogP contribution in [0.4, 0.5) is 0 Å². The Hall–Kier alpha value is -2.98. The van der Waals surface area contributed by atoms with Crippen molar-refractivity contribution in [1.82, 2.24) is 24.2 Å². The quantitative estimate of drug-likeness (QED) is 0.568. The molecule has 3 aromatic rings. The molecule has 1 amide bonds. The monoisotopic (exact) mass is 471 g/mol. The van der Waals surface area contributed by atoms with Crippen LogP contribution in [0.5, 0.6) is 5.75 Å². The smallest absolute Gasteiger partial charge is 0.272 e. The largest absolute Gasteiger partial charge is 0.495 e. The average molecular weight is 472 g/mol. The molecular weight excluding hydrogens is 442 g/mol. The van der Waals surface area contributed by atoms with Gasteiger partial charge in [0.2, 0.25) is 10.0 Å². The standard InChI is InChI=1S/C23H29N5O4S/c1-5-10-24-23(29)21-20(22-25-15(2)13-16(3)28(22)26-21)17-8-9-18(32-4)19(14-17)33(30,31)27-11-6-7-12-27/h8-9,13-14H,5-7,10-12H2,1-4H3,(H,24,29). The fourth-order valence-electron chi connectivity index (χ4n) is 4.17. The summed E-state index contributed by atoms with van der Waals surface area (Å²) in [5.74, 6) is -0.0615. The van der Waals surface area contributed by atoms with Crippen LogP contribution in [-0.4, -0.2) is 60.0 Å². The molecule has 1 aromatic carbocycles. The lowest BCUT2D eigenvalue weighted by Gasteiger charge is -2.18. The lowest BCUT2D eigenvalue weighted by atomic mass is 10.0. The molecule has 0 unspecified atom stereocenters. The van der Waals surface area contributed by atoms with E-state index in [2.05, 4.69) is 15.4 Å². The number of sulfonamides is 1. The van der Waals surface area contributed by atoms with E-state index in [9.17, 15) is 13.2 Å². The van der Waals surface area contributed by atoms with Gasteiger partial charge in [0.1, 0.15) is 10.6 Å². The summed E-state index contributed by atoms with van der Waals surface area (Å²) in [6.07, 6.45) is 2.45. The Bertz CT molecular complexity index is 1310. The second kappa shape index (κ2) is 9.11. The molecule has 3 heterocycles. The first-order chi connectivity index (χ1) is 15.8. The molecule has 1 aliphatic rings. The zero-order valence-corrected chi connectivity index (χ0v) is 20.2. The van der Waals surface area contributed by atoms with Gasteiger partial charge >= 0.3 is 0 Å². The third kappa shape index (κ3) is 4.20. The SMILES string of the molecule is CCCNC(=O)c1nn2c(C)cc(C)nc2c1-c1ccc(OC)c(S(=O)(=O)N2CCCC2)c1. The van der Waals surface area contributed by atoms with Crippen molar-refractivity contribution in [3.8, 4) is 16.9 Å². The van der Waals surface area contributed by atoms with Crippen molar-refractivity contribution < 1.29 is 17.9 Å². The van der Waals surface area contributed by atoms with Crippen LogP contribution in [0.25, 0.3) is 16.8 Å². The average Bonchev–Trinajstić information content (AvgIpc) is 3.46. The van der Waals surface area contributed by atoms with Crippen molar-refractivity contribution in [3.63, 3.8) is 0 Å². The molecule has 0 radical (unpaired) electrons. The van der Waals surface area contributed by atoms with E-state index >= 15 is 0 Å². The number of amides is 1. The van der Waals surface area contributed by atoms with Crippen LogP contribution in [0, 0.1) is 13.8 Å². The molecule has 1 aliphatic heterocycles. The zero-order valence-electron chi connectivity index (χ0n) is 19.4. The van der Waals surface area contributed by atoms with Crippen LogP contribution in [0.15, 0.2) is 29.2 Å². The molecule has 10 heteroatoms. The van der Waals surface area contributed by atoms with Gasteiger partial charge in [-0.2, -0.15) is 9.40 Å². The highest BCUT2D eigenvalue weighted by molar-refractivity contribution is 7.89. The molecule has 1 saturated heterocycles. The molecule has 0 bridgehead atoms. The maximum Gasteiger partial charge on any atom is 0.272 e. The van der Waals surface area contributed by atoms with Crippen LogP contribution < -0.4 is 10.1 Å². The topological polar surface area (TPSA) is 106 Å². The van der Waals surface area contributed by atoms with E-state index in [0.717, 1.165) is 30.7 Å². The Morgan fingerprint density at radius 1 is 1.18 bits per heavy atom. The number of fused-ring (bicyclic) bond motifs is 1. The number of hydrogen-bond donors (Lipinski definition) is 1. The molecule has 176 valence electrons. The Labute approximate surface area is 193 Å². The number of carbonyl (C=O) groups is 1. The first-order valence-electron chi connectivity index (χ1n) is 11.1. The molecule has 1 fully saturated rings. The molecular formula is C23H29N5O4S. The van der Waals surface area contributed by atoms with E-state index in [1.165, 1.54) is 11.4 Å². The van der Waals surface area contributed by atoms with Crippen molar-refractivity contribution in [2.75, 3.05) is 26.7 Å². The van der Waals surface area contributed by atoms with Crippen molar-refractivity contribution in [1.29, 1.82) is 0 Å². The second-order valence-corrected chi connectivity index (χ2v) is 10.1. The number of hydrogen-bond acceptors (Lipinski definition) is 6. The summed E-state index contributed by atoms with van der Waals surface area (Å²) >= 11 is 0. The van der Waals surface area contributed by atoms with Gasteiger partial charge in [-0.15, -0.1) is 0 Å². The lowest BCUT2D eigenvalue weighted by molar-refractivity contribution is 0.0949. The summed E-state index contributed by atoms with van der Waals surface area (Å²) in [5, 5.41) is 7.42. The molecule has 0 atom stereocenters. The number of nitrogens with one attached hydrogen (secondary N) is 1. The number of benzene rings is 1. The minimum Gasteiger partial charge on any atom is -0.495 e. The molecule has 1 N–H and O–H groups in total. The van der Waals surface area contributed by atoms with Crippen molar-refractivity contribution in [3.05, 3.63) is 41.3 Å². The van der Waals surface area contributed by atoms with E-state index < -0.39 is 10.0 Å². The molecule has 33 heavy (non-hydrogen) atoms. The number of rotatable bonds is 7. The van der Waals surface area contributed by atoms with Crippen LogP contribution in [-0.2, 0) is 10.0 Å². The van der Waals surface area contributed by atoms with Gasteiger partial charge in [0.05, 0.1) is 12.7 Å². The van der Waals surface area contributed by atoms with Gasteiger partial charge in [-0.25, -0.2) is 17.9 Å². The van der Waals surface area contributed by atoms with Crippen LogP contribution in [0.1, 0.15) is 48.1 Å². The van der Waals surface area contributed by atoms with E-state index in [0.29, 0.717) is 36.4 Å². The zero-order chi connectivity index (χ0) is 23.8. The van der Waals surface area contributed by atoms with Crippen molar-refractivity contribution >= 4 is 21.6 Å². The highest BCUT2D eigenvalue weighted by Crippen LogP contribution is 2.36. The predicted octanol–water partition coefficient (Wildman–Crippen LogP) is 2.95. The van der Waals surface area contributed by atoms with Crippen LogP contribution in [0.3, 0.4) is 0 Å². The van der Waals surface area contributed by atoms with Gasteiger partial charge in [-0.1, -0.05) is 13.0 Å². The minimum atomic E-state index is -3.75. The van der Waals surface area contributed by atoms with Crippen LogP contribution >= 0.6 is 0 Å². The second-order valence-electron chi connectivity index (χ2n) is 8.23. The lowest BCUT2D eigenvalue weighted by Crippen LogP contribution is -2.28. The summed E-state index contributed by atoms with van der Waals surface area (Å²) in [7, 11) is -2.30. The minimum absolute atomic E-state index is 0.0769. The summed E-state index contributed by atoms with van der Waals surface area (Å²) in [4.78, 5) is 17.7. The molecule has 9 nitrogen and oxygen atoms in total. The van der Waals surface area contributed by atoms with Gasteiger partial charge < -0.3 is 10.1 Å². The molecule has 0 aliphatic carbocycles. The van der Waals surface area contributed by atoms with Gasteiger partial charge in [-0.3, -0.25) is 4.79 Å². The van der Waals surface area contributed by atoms with E-state index in [1.807, 2.05) is 26.8 Å². The Balaban J connectivity index is 1.95. The maximum atomic E-state index is 13.4. The first-order valence-corrected chi connectivity index (χ1v) is 12.6. The third-order valence-electron chi connectivity index (χ3n) is 5.78. The van der Waals surface area contributed by atoms with E-state index in [1.54, 1.807) is 22.7 Å². The number of aryl methyl sites for hydroxylation is 2. The van der Waals surface area contributed by atoms with Crippen LogP contribution in [0.2, 0.25) is 0 Å². The van der Waals surface area contributed by atoms with Gasteiger partial charge in [0.25, 0.3) is 5.91 Å². The molecule has 0 spiro atoms. The third-order valence-corrected chi connectivity index (χ3v) is 7.70. The first kappa shape index (κ1) is 23.2. The summed E-state index contributed by atoms with van der Waals surface area (Å²) in [5.41, 5.74) is 3.36. The van der Waals surface area contributed by atoms with E-state index in [4.69, 9.17) is 4.74 Å². The van der Waals surface area contributed by atoms with Gasteiger partial charge in [0, 0.05) is 31.0 Å². The Kier molecular flexibility index (Phi) is 6.40.